The number of rotatable bonds is 5. The fourth-order valence-electron chi connectivity index (χ4n) is 2.68. The minimum atomic E-state index is -0.00502. The van der Waals surface area contributed by atoms with Crippen molar-refractivity contribution in [2.24, 2.45) is 0 Å². The van der Waals surface area contributed by atoms with Crippen LogP contribution < -0.4 is 0 Å². The zero-order valence-electron chi connectivity index (χ0n) is 12.7. The van der Waals surface area contributed by atoms with Gasteiger partial charge >= 0.3 is 0 Å². The molecular formula is C17H18ClN3OS. The molecule has 6 heteroatoms. The Morgan fingerprint density at radius 1 is 1.30 bits per heavy atom. The van der Waals surface area contributed by atoms with Gasteiger partial charge in [0.25, 0.3) is 0 Å². The average Bonchev–Trinajstić information content (AvgIpc) is 2.94. The third-order valence-corrected chi connectivity index (χ3v) is 5.43. The first-order valence-electron chi connectivity index (χ1n) is 7.68. The molecule has 1 aliphatic rings. The molecule has 0 aliphatic heterocycles. The summed E-state index contributed by atoms with van der Waals surface area (Å²) < 4.78 is 2.00. The van der Waals surface area contributed by atoms with Gasteiger partial charge < -0.3 is 0 Å². The molecule has 4 nitrogen and oxygen atoms in total. The molecule has 1 fully saturated rings. The summed E-state index contributed by atoms with van der Waals surface area (Å²) >= 11 is 7.47. The third kappa shape index (κ3) is 3.67. The Hall–Kier alpha value is -1.59. The summed E-state index contributed by atoms with van der Waals surface area (Å²) in [6.07, 6.45) is 5.52. The summed E-state index contributed by atoms with van der Waals surface area (Å²) in [5.41, 5.74) is 0.950. The average molecular weight is 348 g/mol. The number of allylic oxidation sites excluding steroid dienone is 1. The zero-order valence-corrected chi connectivity index (χ0v) is 14.3. The van der Waals surface area contributed by atoms with Crippen LogP contribution in [0, 0.1) is 0 Å². The van der Waals surface area contributed by atoms with Gasteiger partial charge in [0.05, 0.1) is 5.25 Å². The number of carbonyl (C=O) groups is 1. The van der Waals surface area contributed by atoms with Crippen molar-refractivity contribution in [2.75, 3.05) is 0 Å². The van der Waals surface area contributed by atoms with Crippen molar-refractivity contribution < 1.29 is 4.79 Å². The van der Waals surface area contributed by atoms with Gasteiger partial charge in [0.15, 0.2) is 11.0 Å². The highest BCUT2D eigenvalue weighted by molar-refractivity contribution is 8.00. The second kappa shape index (κ2) is 7.32. The number of Topliss-reactive ketones (excluding diaryl/α,β-unsaturated/α-hetero) is 1. The summed E-state index contributed by atoms with van der Waals surface area (Å²) in [4.78, 5) is 12.1. The highest BCUT2D eigenvalue weighted by Crippen LogP contribution is 2.32. The molecule has 1 aromatic carbocycles. The van der Waals surface area contributed by atoms with Crippen LogP contribution >= 0.6 is 23.4 Å². The normalized spacial score (nSPS) is 18.1. The van der Waals surface area contributed by atoms with Gasteiger partial charge in [-0.05, 0) is 37.1 Å². The number of hydrogen-bond donors (Lipinski definition) is 0. The maximum atomic E-state index is 12.1. The van der Waals surface area contributed by atoms with E-state index in [4.69, 9.17) is 11.6 Å². The van der Waals surface area contributed by atoms with Crippen LogP contribution in [-0.2, 0) is 11.3 Å². The number of aromatic nitrogens is 3. The first-order chi connectivity index (χ1) is 11.2. The van der Waals surface area contributed by atoms with E-state index in [1.54, 1.807) is 0 Å². The van der Waals surface area contributed by atoms with E-state index in [-0.39, 0.29) is 5.25 Å². The Morgan fingerprint density at radius 3 is 2.78 bits per heavy atom. The summed E-state index contributed by atoms with van der Waals surface area (Å²) in [5.74, 6) is 1.09. The van der Waals surface area contributed by atoms with Crippen LogP contribution in [0.15, 0.2) is 42.1 Å². The lowest BCUT2D eigenvalue weighted by Crippen LogP contribution is -2.21. The van der Waals surface area contributed by atoms with Crippen molar-refractivity contribution in [3.63, 3.8) is 0 Å². The van der Waals surface area contributed by atoms with Crippen molar-refractivity contribution in [3.8, 4) is 11.4 Å². The standard InChI is InChI=1S/C17H18ClN3OS/c1-2-11-21-16(12-7-9-13(18)10-8-12)19-20-17(21)23-15-6-4-3-5-14(15)22/h2,7-10,15H,1,3-6,11H2/t15-/m0/s1. The minimum absolute atomic E-state index is 0.00502. The molecule has 0 saturated heterocycles. The van der Waals surface area contributed by atoms with Crippen molar-refractivity contribution in [1.82, 2.24) is 14.8 Å². The first-order valence-corrected chi connectivity index (χ1v) is 8.94. The number of benzene rings is 1. The fraction of sp³-hybridized carbons (Fsp3) is 0.353. The largest absolute Gasteiger partial charge is 0.298 e. The molecule has 0 unspecified atom stereocenters. The van der Waals surface area contributed by atoms with Crippen LogP contribution in [0.3, 0.4) is 0 Å². The molecule has 23 heavy (non-hydrogen) atoms. The summed E-state index contributed by atoms with van der Waals surface area (Å²) in [5, 5.41) is 10.1. The fourth-order valence-corrected chi connectivity index (χ4v) is 3.98. The molecule has 2 aromatic rings. The Kier molecular flexibility index (Phi) is 5.18. The number of halogens is 1. The molecule has 1 heterocycles. The molecule has 1 atom stereocenters. The van der Waals surface area contributed by atoms with Crippen molar-refractivity contribution in [3.05, 3.63) is 41.9 Å². The summed E-state index contributed by atoms with van der Waals surface area (Å²) in [6, 6.07) is 7.51. The van der Waals surface area contributed by atoms with Gasteiger partial charge in [-0.25, -0.2) is 0 Å². The SMILES string of the molecule is C=CCn1c(S[C@H]2CCCCC2=O)nnc1-c1ccc(Cl)cc1. The number of carbonyl (C=O) groups excluding carboxylic acids is 1. The molecular weight excluding hydrogens is 330 g/mol. The van der Waals surface area contributed by atoms with E-state index in [0.29, 0.717) is 23.8 Å². The Labute approximate surface area is 144 Å². The van der Waals surface area contributed by atoms with Crippen LogP contribution in [-0.4, -0.2) is 25.8 Å². The molecule has 0 radical (unpaired) electrons. The lowest BCUT2D eigenvalue weighted by Gasteiger charge is -2.19. The third-order valence-electron chi connectivity index (χ3n) is 3.88. The van der Waals surface area contributed by atoms with Gasteiger partial charge in [-0.3, -0.25) is 9.36 Å². The Balaban J connectivity index is 1.90. The van der Waals surface area contributed by atoms with Gasteiger partial charge in [-0.15, -0.1) is 16.8 Å². The highest BCUT2D eigenvalue weighted by atomic mass is 35.5. The van der Waals surface area contributed by atoms with E-state index < -0.39 is 0 Å². The van der Waals surface area contributed by atoms with Crippen molar-refractivity contribution in [1.29, 1.82) is 0 Å². The van der Waals surface area contributed by atoms with E-state index in [0.717, 1.165) is 35.8 Å². The predicted molar refractivity (Wildman–Crippen MR) is 93.8 cm³/mol. The predicted octanol–water partition coefficient (Wildman–Crippen LogP) is 4.39. The van der Waals surface area contributed by atoms with Crippen LogP contribution in [0.1, 0.15) is 25.7 Å². The second-order valence-electron chi connectivity index (χ2n) is 5.53. The quantitative estimate of drug-likeness (QED) is 0.753. The molecule has 1 aromatic heterocycles. The van der Waals surface area contributed by atoms with Crippen molar-refractivity contribution >= 4 is 29.1 Å². The summed E-state index contributed by atoms with van der Waals surface area (Å²) in [6.45, 7) is 4.42. The van der Waals surface area contributed by atoms with Gasteiger partial charge in [0, 0.05) is 23.6 Å². The van der Waals surface area contributed by atoms with E-state index in [1.165, 1.54) is 11.8 Å². The number of thioether (sulfide) groups is 1. The second-order valence-corrected chi connectivity index (χ2v) is 7.14. The summed E-state index contributed by atoms with van der Waals surface area (Å²) in [7, 11) is 0. The zero-order chi connectivity index (χ0) is 16.2. The van der Waals surface area contributed by atoms with Crippen LogP contribution in [0.25, 0.3) is 11.4 Å². The molecule has 0 N–H and O–H groups in total. The van der Waals surface area contributed by atoms with E-state index in [1.807, 2.05) is 34.9 Å². The lowest BCUT2D eigenvalue weighted by atomic mass is 9.99. The van der Waals surface area contributed by atoms with Crippen LogP contribution in [0.2, 0.25) is 5.02 Å². The molecule has 1 saturated carbocycles. The minimum Gasteiger partial charge on any atom is -0.298 e. The van der Waals surface area contributed by atoms with Gasteiger partial charge in [0.2, 0.25) is 0 Å². The maximum absolute atomic E-state index is 12.1. The molecule has 0 spiro atoms. The molecule has 0 amide bonds. The van der Waals surface area contributed by atoms with Crippen LogP contribution in [0.4, 0.5) is 0 Å². The monoisotopic (exact) mass is 347 g/mol. The lowest BCUT2D eigenvalue weighted by molar-refractivity contribution is -0.119. The van der Waals surface area contributed by atoms with Gasteiger partial charge in [0.1, 0.15) is 5.78 Å². The van der Waals surface area contributed by atoms with Crippen molar-refractivity contribution in [2.45, 2.75) is 42.6 Å². The van der Waals surface area contributed by atoms with E-state index in [2.05, 4.69) is 16.8 Å². The molecule has 0 bridgehead atoms. The number of ketones is 1. The molecule has 1 aliphatic carbocycles. The molecule has 120 valence electrons. The van der Waals surface area contributed by atoms with Gasteiger partial charge in [-0.2, -0.15) is 0 Å². The topological polar surface area (TPSA) is 47.8 Å². The molecule has 3 rings (SSSR count). The maximum Gasteiger partial charge on any atom is 0.192 e. The van der Waals surface area contributed by atoms with E-state index in [9.17, 15) is 4.79 Å². The van der Waals surface area contributed by atoms with Crippen LogP contribution in [0.5, 0.6) is 0 Å². The van der Waals surface area contributed by atoms with E-state index >= 15 is 0 Å². The Bertz CT molecular complexity index is 711. The highest BCUT2D eigenvalue weighted by Gasteiger charge is 2.26. The first kappa shape index (κ1) is 16.3. The Morgan fingerprint density at radius 2 is 2.09 bits per heavy atom. The van der Waals surface area contributed by atoms with Gasteiger partial charge in [-0.1, -0.05) is 35.9 Å². The number of hydrogen-bond acceptors (Lipinski definition) is 4. The number of nitrogens with zero attached hydrogens (tertiary/aromatic N) is 3. The smallest absolute Gasteiger partial charge is 0.192 e.